The molecule has 0 spiro atoms. The number of aryl methyl sites for hydroxylation is 1. The molecule has 3 heteroatoms. The summed E-state index contributed by atoms with van der Waals surface area (Å²) in [7, 11) is 0. The highest BCUT2D eigenvalue weighted by Gasteiger charge is 2.05. The predicted octanol–water partition coefficient (Wildman–Crippen LogP) is 2.71. The second-order valence-corrected chi connectivity index (χ2v) is 4.43. The van der Waals surface area contributed by atoms with Gasteiger partial charge in [0.15, 0.2) is 0 Å². The van der Waals surface area contributed by atoms with Gasteiger partial charge in [-0.05, 0) is 37.8 Å². The first-order valence-electron chi connectivity index (χ1n) is 6.26. The fraction of sp³-hybridized carbons (Fsp3) is 0.500. The van der Waals surface area contributed by atoms with Crippen LogP contribution in [0.5, 0.6) is 0 Å². The van der Waals surface area contributed by atoms with Crippen LogP contribution in [0.2, 0.25) is 0 Å². The molecule has 0 fully saturated rings. The van der Waals surface area contributed by atoms with Gasteiger partial charge in [0.25, 0.3) is 0 Å². The van der Waals surface area contributed by atoms with Gasteiger partial charge < -0.3 is 11.1 Å². The van der Waals surface area contributed by atoms with E-state index in [9.17, 15) is 4.79 Å². The van der Waals surface area contributed by atoms with E-state index in [1.807, 2.05) is 31.2 Å². The number of amides is 1. The lowest BCUT2D eigenvalue weighted by atomic mass is 10.1. The standard InChI is InChI=1S/C14H22N2O/c1-3-12-8-4-5-9-13(12)16-14(17)10-6-7-11(2)15/h4-5,8-9,11H,3,6-7,10,15H2,1-2H3,(H,16,17). The third-order valence-electron chi connectivity index (χ3n) is 2.74. The quantitative estimate of drug-likeness (QED) is 0.795. The highest BCUT2D eigenvalue weighted by atomic mass is 16.1. The monoisotopic (exact) mass is 234 g/mol. The Kier molecular flexibility index (Phi) is 5.70. The Morgan fingerprint density at radius 1 is 1.41 bits per heavy atom. The average molecular weight is 234 g/mol. The van der Waals surface area contributed by atoms with Crippen LogP contribution < -0.4 is 11.1 Å². The summed E-state index contributed by atoms with van der Waals surface area (Å²) in [6.45, 7) is 4.05. The summed E-state index contributed by atoms with van der Waals surface area (Å²) in [6, 6.07) is 8.09. The summed E-state index contributed by atoms with van der Waals surface area (Å²) in [6.07, 6.45) is 3.20. The molecule has 1 atom stereocenters. The molecular formula is C14H22N2O. The van der Waals surface area contributed by atoms with Crippen molar-refractivity contribution in [2.24, 2.45) is 5.73 Å². The number of para-hydroxylation sites is 1. The topological polar surface area (TPSA) is 55.1 Å². The van der Waals surface area contributed by atoms with Crippen molar-refractivity contribution in [1.29, 1.82) is 0 Å². The number of benzene rings is 1. The number of carbonyl (C=O) groups excluding carboxylic acids is 1. The van der Waals surface area contributed by atoms with Crippen LogP contribution in [-0.2, 0) is 11.2 Å². The Morgan fingerprint density at radius 3 is 2.76 bits per heavy atom. The summed E-state index contributed by atoms with van der Waals surface area (Å²) in [5.41, 5.74) is 7.75. The van der Waals surface area contributed by atoms with E-state index in [4.69, 9.17) is 5.73 Å². The van der Waals surface area contributed by atoms with Crippen LogP contribution >= 0.6 is 0 Å². The number of hydrogen-bond acceptors (Lipinski definition) is 2. The largest absolute Gasteiger partial charge is 0.328 e. The number of hydrogen-bond donors (Lipinski definition) is 2. The zero-order chi connectivity index (χ0) is 12.7. The van der Waals surface area contributed by atoms with E-state index >= 15 is 0 Å². The molecule has 1 aromatic carbocycles. The summed E-state index contributed by atoms with van der Waals surface area (Å²) in [4.78, 5) is 11.7. The molecule has 0 aliphatic heterocycles. The first kappa shape index (κ1) is 13.7. The van der Waals surface area contributed by atoms with E-state index in [2.05, 4.69) is 12.2 Å². The fourth-order valence-electron chi connectivity index (χ4n) is 1.75. The van der Waals surface area contributed by atoms with E-state index in [1.54, 1.807) is 0 Å². The second-order valence-electron chi connectivity index (χ2n) is 4.43. The summed E-state index contributed by atoms with van der Waals surface area (Å²) in [5.74, 6) is 0.0755. The first-order valence-corrected chi connectivity index (χ1v) is 6.26. The summed E-state index contributed by atoms with van der Waals surface area (Å²) >= 11 is 0. The molecule has 0 saturated carbocycles. The van der Waals surface area contributed by atoms with Gasteiger partial charge in [-0.2, -0.15) is 0 Å². The number of carbonyl (C=O) groups is 1. The highest BCUT2D eigenvalue weighted by molar-refractivity contribution is 5.91. The summed E-state index contributed by atoms with van der Waals surface area (Å²) < 4.78 is 0. The SMILES string of the molecule is CCc1ccccc1NC(=O)CCCC(C)N. The Bertz CT molecular complexity index is 361. The van der Waals surface area contributed by atoms with Gasteiger partial charge in [-0.3, -0.25) is 4.79 Å². The molecule has 3 nitrogen and oxygen atoms in total. The fourth-order valence-corrected chi connectivity index (χ4v) is 1.75. The van der Waals surface area contributed by atoms with Crippen LogP contribution in [0.4, 0.5) is 5.69 Å². The minimum absolute atomic E-state index is 0.0755. The van der Waals surface area contributed by atoms with Crippen molar-refractivity contribution in [3.8, 4) is 0 Å². The lowest BCUT2D eigenvalue weighted by Crippen LogP contribution is -2.17. The molecule has 1 unspecified atom stereocenters. The van der Waals surface area contributed by atoms with Crippen molar-refractivity contribution in [2.45, 2.75) is 45.6 Å². The molecule has 94 valence electrons. The highest BCUT2D eigenvalue weighted by Crippen LogP contribution is 2.15. The van der Waals surface area contributed by atoms with Crippen molar-refractivity contribution in [3.63, 3.8) is 0 Å². The minimum atomic E-state index is 0.0755. The molecule has 17 heavy (non-hydrogen) atoms. The third-order valence-corrected chi connectivity index (χ3v) is 2.74. The van der Waals surface area contributed by atoms with E-state index < -0.39 is 0 Å². The lowest BCUT2D eigenvalue weighted by molar-refractivity contribution is -0.116. The van der Waals surface area contributed by atoms with Crippen molar-refractivity contribution in [3.05, 3.63) is 29.8 Å². The van der Waals surface area contributed by atoms with Crippen molar-refractivity contribution < 1.29 is 4.79 Å². The van der Waals surface area contributed by atoms with Crippen LogP contribution in [0.1, 0.15) is 38.7 Å². The van der Waals surface area contributed by atoms with Gasteiger partial charge in [0.1, 0.15) is 0 Å². The Morgan fingerprint density at radius 2 is 2.12 bits per heavy atom. The molecule has 0 heterocycles. The minimum Gasteiger partial charge on any atom is -0.328 e. The zero-order valence-electron chi connectivity index (χ0n) is 10.7. The molecule has 1 amide bonds. The molecule has 0 aromatic heterocycles. The van der Waals surface area contributed by atoms with Gasteiger partial charge in [-0.1, -0.05) is 25.1 Å². The molecule has 1 aromatic rings. The number of nitrogens with two attached hydrogens (primary N) is 1. The van der Waals surface area contributed by atoms with Crippen molar-refractivity contribution in [1.82, 2.24) is 0 Å². The average Bonchev–Trinajstić information content (AvgIpc) is 2.29. The number of nitrogens with one attached hydrogen (secondary N) is 1. The van der Waals surface area contributed by atoms with Crippen molar-refractivity contribution in [2.75, 3.05) is 5.32 Å². The normalized spacial score (nSPS) is 12.2. The molecule has 1 rings (SSSR count). The molecule has 0 aliphatic rings. The number of rotatable bonds is 6. The third kappa shape index (κ3) is 5.00. The van der Waals surface area contributed by atoms with Crippen LogP contribution in [0.25, 0.3) is 0 Å². The van der Waals surface area contributed by atoms with Crippen LogP contribution in [0, 0.1) is 0 Å². The van der Waals surface area contributed by atoms with Gasteiger partial charge in [-0.25, -0.2) is 0 Å². The molecule has 3 N–H and O–H groups in total. The van der Waals surface area contributed by atoms with E-state index in [0.717, 1.165) is 24.9 Å². The van der Waals surface area contributed by atoms with E-state index in [-0.39, 0.29) is 11.9 Å². The molecular weight excluding hydrogens is 212 g/mol. The second kappa shape index (κ2) is 7.07. The first-order chi connectivity index (χ1) is 8.13. The zero-order valence-corrected chi connectivity index (χ0v) is 10.7. The van der Waals surface area contributed by atoms with Gasteiger partial charge in [0.05, 0.1) is 0 Å². The van der Waals surface area contributed by atoms with Crippen LogP contribution in [0.3, 0.4) is 0 Å². The molecule has 0 bridgehead atoms. The smallest absolute Gasteiger partial charge is 0.224 e. The van der Waals surface area contributed by atoms with Crippen molar-refractivity contribution >= 4 is 11.6 Å². The van der Waals surface area contributed by atoms with Gasteiger partial charge >= 0.3 is 0 Å². The van der Waals surface area contributed by atoms with Gasteiger partial charge in [-0.15, -0.1) is 0 Å². The molecule has 0 saturated heterocycles. The lowest BCUT2D eigenvalue weighted by Gasteiger charge is -2.10. The van der Waals surface area contributed by atoms with Gasteiger partial charge in [0.2, 0.25) is 5.91 Å². The summed E-state index contributed by atoms with van der Waals surface area (Å²) in [5, 5.41) is 2.96. The Labute approximate surface area is 103 Å². The Balaban J connectivity index is 2.45. The van der Waals surface area contributed by atoms with E-state index in [0.29, 0.717) is 6.42 Å². The van der Waals surface area contributed by atoms with Crippen LogP contribution in [0.15, 0.2) is 24.3 Å². The molecule has 0 radical (unpaired) electrons. The van der Waals surface area contributed by atoms with Crippen LogP contribution in [-0.4, -0.2) is 11.9 Å². The maximum absolute atomic E-state index is 11.7. The maximum atomic E-state index is 11.7. The number of anilines is 1. The van der Waals surface area contributed by atoms with Gasteiger partial charge in [0, 0.05) is 18.2 Å². The predicted molar refractivity (Wildman–Crippen MR) is 72.0 cm³/mol. The Hall–Kier alpha value is -1.35. The molecule has 0 aliphatic carbocycles. The van der Waals surface area contributed by atoms with E-state index in [1.165, 1.54) is 5.56 Å². The maximum Gasteiger partial charge on any atom is 0.224 e.